The van der Waals surface area contributed by atoms with Crippen molar-refractivity contribution in [1.29, 1.82) is 0 Å². The highest BCUT2D eigenvalue weighted by atomic mass is 35.5. The molecule has 1 aromatic rings. The van der Waals surface area contributed by atoms with Crippen LogP contribution in [0, 0.1) is 5.41 Å². The third kappa shape index (κ3) is 2.51. The molecule has 3 nitrogen and oxygen atoms in total. The molecule has 2 fully saturated rings. The van der Waals surface area contributed by atoms with E-state index in [9.17, 15) is 0 Å². The van der Waals surface area contributed by atoms with Crippen molar-refractivity contribution in [3.63, 3.8) is 0 Å². The summed E-state index contributed by atoms with van der Waals surface area (Å²) in [5.74, 6) is -1.07. The summed E-state index contributed by atoms with van der Waals surface area (Å²) in [6.45, 7) is 9.48. The van der Waals surface area contributed by atoms with Crippen LogP contribution < -0.4 is 0 Å². The lowest BCUT2D eigenvalue weighted by Crippen LogP contribution is -2.48. The van der Waals surface area contributed by atoms with Crippen molar-refractivity contribution < 1.29 is 14.2 Å². The molecule has 1 aromatic carbocycles. The van der Waals surface area contributed by atoms with Crippen LogP contribution in [0.5, 0.6) is 0 Å². The van der Waals surface area contributed by atoms with E-state index in [-0.39, 0.29) is 11.5 Å². The molecule has 2 heterocycles. The van der Waals surface area contributed by atoms with E-state index in [1.165, 1.54) is 0 Å². The Morgan fingerprint density at radius 3 is 2.35 bits per heavy atom. The van der Waals surface area contributed by atoms with Gasteiger partial charge in [0.2, 0.25) is 0 Å². The Labute approximate surface area is 124 Å². The summed E-state index contributed by atoms with van der Waals surface area (Å²) >= 11 is 5.91. The quantitative estimate of drug-likeness (QED) is 0.730. The number of rotatable bonds is 1. The van der Waals surface area contributed by atoms with Crippen LogP contribution in [0.15, 0.2) is 36.4 Å². The Balaban J connectivity index is 1.77. The molecule has 0 bridgehead atoms. The first-order chi connectivity index (χ1) is 9.40. The van der Waals surface area contributed by atoms with Gasteiger partial charge in [0.1, 0.15) is 0 Å². The number of hydrogen-bond acceptors (Lipinski definition) is 3. The van der Waals surface area contributed by atoms with Gasteiger partial charge in [0.15, 0.2) is 0 Å². The van der Waals surface area contributed by atoms with Crippen molar-refractivity contribution in [2.24, 2.45) is 5.41 Å². The molecule has 0 saturated carbocycles. The van der Waals surface area contributed by atoms with E-state index >= 15 is 0 Å². The second kappa shape index (κ2) is 4.85. The standard InChI is InChI=1S/C16H19ClO3/c1-11-8-14(12-4-6-13(17)7-5-12)20-16(11)18-9-15(2,3)10-19-16/h4-7,14H,1,8-10H2,2-3H3. The summed E-state index contributed by atoms with van der Waals surface area (Å²) in [5.41, 5.74) is 1.91. The first-order valence-electron chi connectivity index (χ1n) is 6.80. The van der Waals surface area contributed by atoms with Crippen LogP contribution in [0.25, 0.3) is 0 Å². The van der Waals surface area contributed by atoms with Crippen molar-refractivity contribution in [2.75, 3.05) is 13.2 Å². The monoisotopic (exact) mass is 294 g/mol. The fourth-order valence-corrected chi connectivity index (χ4v) is 2.59. The molecule has 4 heteroatoms. The smallest absolute Gasteiger partial charge is 0.308 e. The molecule has 2 aliphatic rings. The molecule has 0 aromatic heterocycles. The SMILES string of the molecule is C=C1CC(c2ccc(Cl)cc2)OC12OCC(C)(C)CO2. The second-order valence-electron chi connectivity index (χ2n) is 6.26. The minimum atomic E-state index is -1.07. The first kappa shape index (κ1) is 14.1. The van der Waals surface area contributed by atoms with Crippen molar-refractivity contribution in [3.05, 3.63) is 47.0 Å². The summed E-state index contributed by atoms with van der Waals surface area (Å²) < 4.78 is 17.8. The average molecular weight is 295 g/mol. The summed E-state index contributed by atoms with van der Waals surface area (Å²) in [5, 5.41) is 0.715. The van der Waals surface area contributed by atoms with Gasteiger partial charge in [-0.2, -0.15) is 0 Å². The van der Waals surface area contributed by atoms with E-state index < -0.39 is 5.97 Å². The zero-order valence-electron chi connectivity index (χ0n) is 11.8. The molecule has 108 valence electrons. The van der Waals surface area contributed by atoms with Crippen molar-refractivity contribution in [1.82, 2.24) is 0 Å². The minimum Gasteiger partial charge on any atom is -0.323 e. The van der Waals surface area contributed by atoms with Crippen LogP contribution >= 0.6 is 11.6 Å². The van der Waals surface area contributed by atoms with Gasteiger partial charge in [-0.05, 0) is 17.7 Å². The molecule has 20 heavy (non-hydrogen) atoms. The van der Waals surface area contributed by atoms with Crippen LogP contribution in [0.1, 0.15) is 31.9 Å². The van der Waals surface area contributed by atoms with Crippen molar-refractivity contribution in [2.45, 2.75) is 32.3 Å². The molecular weight excluding hydrogens is 276 g/mol. The molecule has 1 spiro atoms. The van der Waals surface area contributed by atoms with Crippen molar-refractivity contribution in [3.8, 4) is 0 Å². The Morgan fingerprint density at radius 2 is 1.75 bits per heavy atom. The van der Waals surface area contributed by atoms with E-state index in [1.54, 1.807) is 0 Å². The number of hydrogen-bond donors (Lipinski definition) is 0. The highest BCUT2D eigenvalue weighted by Gasteiger charge is 2.50. The zero-order valence-corrected chi connectivity index (χ0v) is 12.6. The van der Waals surface area contributed by atoms with E-state index in [1.807, 2.05) is 24.3 Å². The van der Waals surface area contributed by atoms with Crippen LogP contribution in [0.2, 0.25) is 5.02 Å². The Bertz CT molecular complexity index is 511. The van der Waals surface area contributed by atoms with E-state index in [0.717, 1.165) is 11.1 Å². The highest BCUT2D eigenvalue weighted by Crippen LogP contribution is 2.47. The molecule has 0 radical (unpaired) electrons. The molecule has 0 N–H and O–H groups in total. The molecule has 2 saturated heterocycles. The molecule has 3 rings (SSSR count). The molecule has 1 atom stereocenters. The Morgan fingerprint density at radius 1 is 1.15 bits per heavy atom. The summed E-state index contributed by atoms with van der Waals surface area (Å²) in [6.07, 6.45) is 0.600. The molecular formula is C16H19ClO3. The predicted molar refractivity (Wildman–Crippen MR) is 77.5 cm³/mol. The van der Waals surface area contributed by atoms with E-state index in [4.69, 9.17) is 25.8 Å². The number of halogens is 1. The van der Waals surface area contributed by atoms with Crippen LogP contribution in [-0.2, 0) is 14.2 Å². The molecule has 1 unspecified atom stereocenters. The van der Waals surface area contributed by atoms with Gasteiger partial charge >= 0.3 is 5.97 Å². The third-order valence-electron chi connectivity index (χ3n) is 3.71. The predicted octanol–water partition coefficient (Wildman–Crippen LogP) is 4.08. The lowest BCUT2D eigenvalue weighted by atomic mass is 9.95. The van der Waals surface area contributed by atoms with Gasteiger partial charge in [-0.15, -0.1) is 0 Å². The highest BCUT2D eigenvalue weighted by molar-refractivity contribution is 6.30. The van der Waals surface area contributed by atoms with Crippen LogP contribution in [-0.4, -0.2) is 19.2 Å². The van der Waals surface area contributed by atoms with E-state index in [0.29, 0.717) is 24.7 Å². The van der Waals surface area contributed by atoms with Gasteiger partial charge in [-0.3, -0.25) is 0 Å². The van der Waals surface area contributed by atoms with Crippen molar-refractivity contribution >= 4 is 11.6 Å². The van der Waals surface area contributed by atoms with Gasteiger partial charge in [-0.1, -0.05) is 44.2 Å². The zero-order chi connectivity index (χ0) is 14.4. The third-order valence-corrected chi connectivity index (χ3v) is 3.96. The number of ether oxygens (including phenoxy) is 3. The molecule has 0 amide bonds. The molecule has 0 aliphatic carbocycles. The fraction of sp³-hybridized carbons (Fsp3) is 0.500. The topological polar surface area (TPSA) is 27.7 Å². The van der Waals surface area contributed by atoms with Crippen LogP contribution in [0.3, 0.4) is 0 Å². The largest absolute Gasteiger partial charge is 0.323 e. The van der Waals surface area contributed by atoms with Gasteiger partial charge < -0.3 is 14.2 Å². The normalized spacial score (nSPS) is 27.9. The maximum atomic E-state index is 6.03. The van der Waals surface area contributed by atoms with Crippen LogP contribution in [0.4, 0.5) is 0 Å². The van der Waals surface area contributed by atoms with Gasteiger partial charge in [0.05, 0.1) is 19.3 Å². The lowest BCUT2D eigenvalue weighted by molar-refractivity contribution is -0.391. The van der Waals surface area contributed by atoms with Gasteiger partial charge in [0.25, 0.3) is 0 Å². The molecule has 2 aliphatic heterocycles. The maximum absolute atomic E-state index is 6.03. The second-order valence-corrected chi connectivity index (χ2v) is 6.70. The Hall–Kier alpha value is -0.870. The average Bonchev–Trinajstić information content (AvgIpc) is 2.72. The minimum absolute atomic E-state index is 0.00719. The Kier molecular flexibility index (Phi) is 3.41. The van der Waals surface area contributed by atoms with Gasteiger partial charge in [-0.25, -0.2) is 0 Å². The van der Waals surface area contributed by atoms with Gasteiger partial charge in [0, 0.05) is 22.4 Å². The van der Waals surface area contributed by atoms with E-state index in [2.05, 4.69) is 20.4 Å². The fourth-order valence-electron chi connectivity index (χ4n) is 2.46. The number of benzene rings is 1. The first-order valence-corrected chi connectivity index (χ1v) is 7.17. The maximum Gasteiger partial charge on any atom is 0.308 e. The summed E-state index contributed by atoms with van der Waals surface area (Å²) in [4.78, 5) is 0. The lowest BCUT2D eigenvalue weighted by Gasteiger charge is -2.40. The summed E-state index contributed by atoms with van der Waals surface area (Å²) in [6, 6.07) is 7.65. The summed E-state index contributed by atoms with van der Waals surface area (Å²) in [7, 11) is 0.